The first-order chi connectivity index (χ1) is 11.6. The third-order valence-corrected chi connectivity index (χ3v) is 5.00. The Bertz CT molecular complexity index is 769. The van der Waals surface area contributed by atoms with Crippen molar-refractivity contribution in [1.82, 2.24) is 20.4 Å². The maximum Gasteiger partial charge on any atom is 0.325 e. The molecule has 24 heavy (non-hydrogen) atoms. The molecule has 3 heterocycles. The third-order valence-electron chi connectivity index (χ3n) is 5.00. The average molecular weight is 330 g/mol. The van der Waals surface area contributed by atoms with Crippen LogP contribution in [0, 0.1) is 5.92 Å². The van der Waals surface area contributed by atoms with Crippen LogP contribution in [0.25, 0.3) is 11.6 Å². The molecule has 2 aliphatic rings. The van der Waals surface area contributed by atoms with Crippen LogP contribution in [-0.2, 0) is 11.3 Å². The number of furan rings is 1. The molecule has 3 amide bonds. The number of nitrogens with zero attached hydrogens (tertiary/aromatic N) is 3. The molecule has 8 nitrogen and oxygen atoms in total. The minimum Gasteiger partial charge on any atom is -0.461 e. The summed E-state index contributed by atoms with van der Waals surface area (Å²) in [6, 6.07) is 3.03. The molecule has 2 aromatic heterocycles. The van der Waals surface area contributed by atoms with Crippen LogP contribution in [0.5, 0.6) is 0 Å². The lowest BCUT2D eigenvalue weighted by Gasteiger charge is -2.36. The monoisotopic (exact) mass is 330 g/mol. The highest BCUT2D eigenvalue weighted by molar-refractivity contribution is 6.07. The Hall–Kier alpha value is -2.64. The molecule has 1 saturated carbocycles. The molecule has 8 heteroatoms. The van der Waals surface area contributed by atoms with Gasteiger partial charge in [0.2, 0.25) is 11.7 Å². The maximum absolute atomic E-state index is 12.9. The topological polar surface area (TPSA) is 101 Å². The lowest BCUT2D eigenvalue weighted by molar-refractivity contribution is -0.134. The Morgan fingerprint density at radius 2 is 2.29 bits per heavy atom. The Balaban J connectivity index is 1.55. The van der Waals surface area contributed by atoms with Crippen LogP contribution >= 0.6 is 0 Å². The van der Waals surface area contributed by atoms with Crippen LogP contribution in [0.3, 0.4) is 0 Å². The van der Waals surface area contributed by atoms with Gasteiger partial charge in [0.25, 0.3) is 5.91 Å². The van der Waals surface area contributed by atoms with Crippen molar-refractivity contribution in [3.05, 3.63) is 24.3 Å². The van der Waals surface area contributed by atoms with Crippen molar-refractivity contribution in [1.29, 1.82) is 0 Å². The smallest absolute Gasteiger partial charge is 0.325 e. The standard InChI is InChI=1S/C16H18N4O4/c1-10-5-2-3-7-16(10)14(21)20(15(22)18-16)9-12-17-13(19-24-12)11-6-4-8-23-11/h4,6,8,10H,2-3,5,7,9H2,1H3,(H,18,22)/t10-,16+/m1/s1. The van der Waals surface area contributed by atoms with Crippen molar-refractivity contribution in [2.45, 2.75) is 44.7 Å². The van der Waals surface area contributed by atoms with Gasteiger partial charge in [0.1, 0.15) is 12.1 Å². The van der Waals surface area contributed by atoms with Gasteiger partial charge in [-0.3, -0.25) is 9.69 Å². The molecular weight excluding hydrogens is 312 g/mol. The fourth-order valence-corrected chi connectivity index (χ4v) is 3.60. The molecule has 1 saturated heterocycles. The fourth-order valence-electron chi connectivity index (χ4n) is 3.60. The lowest BCUT2D eigenvalue weighted by Crippen LogP contribution is -2.53. The average Bonchev–Trinajstić information content (AvgIpc) is 3.28. The summed E-state index contributed by atoms with van der Waals surface area (Å²) >= 11 is 0. The molecule has 2 aromatic rings. The van der Waals surface area contributed by atoms with Gasteiger partial charge in [0, 0.05) is 0 Å². The Kier molecular flexibility index (Phi) is 3.40. The number of amides is 3. The zero-order chi connectivity index (χ0) is 16.7. The fraction of sp³-hybridized carbons (Fsp3) is 0.500. The first-order valence-electron chi connectivity index (χ1n) is 8.11. The van der Waals surface area contributed by atoms with Crippen LogP contribution in [0.15, 0.2) is 27.3 Å². The van der Waals surface area contributed by atoms with Gasteiger partial charge in [-0.15, -0.1) is 0 Å². The molecule has 2 atom stereocenters. The predicted molar refractivity (Wildman–Crippen MR) is 81.4 cm³/mol. The molecule has 1 aliphatic heterocycles. The first-order valence-corrected chi connectivity index (χ1v) is 8.11. The van der Waals surface area contributed by atoms with E-state index in [9.17, 15) is 9.59 Å². The van der Waals surface area contributed by atoms with E-state index >= 15 is 0 Å². The summed E-state index contributed by atoms with van der Waals surface area (Å²) in [6.07, 6.45) is 5.15. The van der Waals surface area contributed by atoms with Gasteiger partial charge in [-0.1, -0.05) is 24.9 Å². The number of carbonyl (C=O) groups excluding carboxylic acids is 2. The summed E-state index contributed by atoms with van der Waals surface area (Å²) in [7, 11) is 0. The van der Waals surface area contributed by atoms with E-state index in [2.05, 4.69) is 15.5 Å². The van der Waals surface area contributed by atoms with Crippen molar-refractivity contribution in [3.8, 4) is 11.6 Å². The minimum absolute atomic E-state index is 0.0349. The second kappa shape index (κ2) is 5.47. The molecule has 4 rings (SSSR count). The van der Waals surface area contributed by atoms with Gasteiger partial charge in [-0.05, 0) is 30.9 Å². The molecule has 1 N–H and O–H groups in total. The molecule has 0 bridgehead atoms. The number of hydrogen-bond acceptors (Lipinski definition) is 6. The predicted octanol–water partition coefficient (Wildman–Crippen LogP) is 2.33. The summed E-state index contributed by atoms with van der Waals surface area (Å²) in [6.45, 7) is 1.98. The molecule has 1 aliphatic carbocycles. The van der Waals surface area contributed by atoms with Crippen molar-refractivity contribution in [2.75, 3.05) is 0 Å². The highest BCUT2D eigenvalue weighted by Gasteiger charge is 2.55. The van der Waals surface area contributed by atoms with E-state index in [4.69, 9.17) is 8.94 Å². The Labute approximate surface area is 138 Å². The minimum atomic E-state index is -0.779. The number of rotatable bonds is 3. The van der Waals surface area contributed by atoms with E-state index < -0.39 is 11.6 Å². The molecular formula is C16H18N4O4. The summed E-state index contributed by atoms with van der Waals surface area (Å²) in [4.78, 5) is 30.6. The van der Waals surface area contributed by atoms with E-state index in [1.54, 1.807) is 12.1 Å². The maximum atomic E-state index is 12.9. The van der Waals surface area contributed by atoms with E-state index in [-0.39, 0.29) is 24.3 Å². The number of urea groups is 1. The van der Waals surface area contributed by atoms with Crippen LogP contribution in [0.2, 0.25) is 0 Å². The normalized spacial score (nSPS) is 27.0. The van der Waals surface area contributed by atoms with Gasteiger partial charge >= 0.3 is 6.03 Å². The molecule has 2 fully saturated rings. The quantitative estimate of drug-likeness (QED) is 0.867. The van der Waals surface area contributed by atoms with Gasteiger partial charge < -0.3 is 14.3 Å². The van der Waals surface area contributed by atoms with E-state index in [1.807, 2.05) is 6.92 Å². The Morgan fingerprint density at radius 1 is 1.42 bits per heavy atom. The van der Waals surface area contributed by atoms with Crippen molar-refractivity contribution in [3.63, 3.8) is 0 Å². The summed E-state index contributed by atoms with van der Waals surface area (Å²) in [5, 5.41) is 6.72. The van der Waals surface area contributed by atoms with Crippen molar-refractivity contribution < 1.29 is 18.5 Å². The van der Waals surface area contributed by atoms with Crippen LogP contribution in [-0.4, -0.2) is 32.5 Å². The SMILES string of the molecule is C[C@@H]1CCCC[C@]12NC(=O)N(Cc1nc(-c3ccco3)no1)C2=O. The zero-order valence-electron chi connectivity index (χ0n) is 13.3. The zero-order valence-corrected chi connectivity index (χ0v) is 13.3. The molecule has 0 unspecified atom stereocenters. The van der Waals surface area contributed by atoms with Crippen LogP contribution in [0.4, 0.5) is 4.79 Å². The molecule has 126 valence electrons. The Morgan fingerprint density at radius 3 is 3.04 bits per heavy atom. The number of imide groups is 1. The second-order valence-corrected chi connectivity index (χ2v) is 6.43. The molecule has 0 radical (unpaired) electrons. The number of nitrogens with one attached hydrogen (secondary N) is 1. The largest absolute Gasteiger partial charge is 0.461 e. The highest BCUT2D eigenvalue weighted by Crippen LogP contribution is 2.38. The van der Waals surface area contributed by atoms with Crippen molar-refractivity contribution in [2.24, 2.45) is 5.92 Å². The van der Waals surface area contributed by atoms with Crippen LogP contribution in [0.1, 0.15) is 38.5 Å². The van der Waals surface area contributed by atoms with E-state index in [1.165, 1.54) is 11.2 Å². The van der Waals surface area contributed by atoms with Gasteiger partial charge in [-0.25, -0.2) is 4.79 Å². The summed E-state index contributed by atoms with van der Waals surface area (Å²) < 4.78 is 10.4. The molecule has 0 aromatic carbocycles. The second-order valence-electron chi connectivity index (χ2n) is 6.43. The highest BCUT2D eigenvalue weighted by atomic mass is 16.5. The third kappa shape index (κ3) is 2.21. The molecule has 1 spiro atoms. The number of carbonyl (C=O) groups is 2. The van der Waals surface area contributed by atoms with E-state index in [0.717, 1.165) is 19.3 Å². The van der Waals surface area contributed by atoms with Gasteiger partial charge in [-0.2, -0.15) is 4.98 Å². The lowest BCUT2D eigenvalue weighted by atomic mass is 9.73. The van der Waals surface area contributed by atoms with E-state index in [0.29, 0.717) is 18.0 Å². The van der Waals surface area contributed by atoms with Gasteiger partial charge in [0.05, 0.1) is 6.26 Å². The summed E-state index contributed by atoms with van der Waals surface area (Å²) in [5.41, 5.74) is -0.779. The summed E-state index contributed by atoms with van der Waals surface area (Å²) in [5.74, 6) is 0.888. The number of aromatic nitrogens is 2. The van der Waals surface area contributed by atoms with Gasteiger partial charge in [0.15, 0.2) is 5.76 Å². The van der Waals surface area contributed by atoms with Crippen LogP contribution < -0.4 is 5.32 Å². The van der Waals surface area contributed by atoms with Crippen molar-refractivity contribution >= 4 is 11.9 Å². The number of hydrogen-bond donors (Lipinski definition) is 1. The first kappa shape index (κ1) is 14.9.